The summed E-state index contributed by atoms with van der Waals surface area (Å²) in [5.74, 6) is 0.361. The van der Waals surface area contributed by atoms with Gasteiger partial charge in [-0.2, -0.15) is 0 Å². The van der Waals surface area contributed by atoms with Crippen LogP contribution in [-0.4, -0.2) is 39.6 Å². The molecule has 0 saturated carbocycles. The third kappa shape index (κ3) is 5.73. The van der Waals surface area contributed by atoms with Gasteiger partial charge in [0.25, 0.3) is 15.9 Å². The number of aryl methyl sites for hydroxylation is 1. The number of para-hydroxylation sites is 1. The van der Waals surface area contributed by atoms with Gasteiger partial charge in [0.05, 0.1) is 12.6 Å². The Kier molecular flexibility index (Phi) is 7.92. The quantitative estimate of drug-likeness (QED) is 0.252. The molecule has 2 amide bonds. The van der Waals surface area contributed by atoms with Crippen LogP contribution in [0.15, 0.2) is 71.8 Å². The first-order valence-corrected chi connectivity index (χ1v) is 14.2. The summed E-state index contributed by atoms with van der Waals surface area (Å²) in [7, 11) is -2.93. The number of benzene rings is 3. The highest BCUT2D eigenvalue weighted by Gasteiger charge is 2.32. The van der Waals surface area contributed by atoms with Crippen molar-refractivity contribution >= 4 is 38.9 Å². The van der Waals surface area contributed by atoms with Crippen molar-refractivity contribution in [3.8, 4) is 23.0 Å². The van der Waals surface area contributed by atoms with Gasteiger partial charge in [0.15, 0.2) is 11.5 Å². The number of anilines is 1. The van der Waals surface area contributed by atoms with E-state index in [2.05, 4.69) is 15.0 Å². The molecular weight excluding hydrogens is 550 g/mol. The van der Waals surface area contributed by atoms with Gasteiger partial charge in [-0.3, -0.25) is 14.6 Å². The third-order valence-corrected chi connectivity index (χ3v) is 7.77. The molecule has 5 rings (SSSR count). The number of hydrogen-bond donors (Lipinski definition) is 2. The van der Waals surface area contributed by atoms with Crippen LogP contribution in [0.25, 0.3) is 10.9 Å². The largest absolute Gasteiger partial charge is 0.493 e. The molecule has 0 radical (unpaired) electrons. The van der Waals surface area contributed by atoms with Crippen LogP contribution in [0, 0.1) is 0 Å². The zero-order chi connectivity index (χ0) is 29.0. The molecule has 2 heterocycles. The lowest BCUT2D eigenvalue weighted by Gasteiger charge is -2.22. The van der Waals surface area contributed by atoms with Gasteiger partial charge in [-0.1, -0.05) is 31.5 Å². The van der Waals surface area contributed by atoms with E-state index in [1.165, 1.54) is 25.4 Å². The van der Waals surface area contributed by atoms with E-state index in [0.717, 1.165) is 6.42 Å². The molecule has 41 heavy (non-hydrogen) atoms. The molecule has 0 fully saturated rings. The molecule has 212 valence electrons. The molecule has 2 N–H and O–H groups in total. The van der Waals surface area contributed by atoms with E-state index < -0.39 is 22.0 Å². The zero-order valence-electron chi connectivity index (χ0n) is 22.2. The molecule has 0 saturated heterocycles. The van der Waals surface area contributed by atoms with E-state index in [1.807, 2.05) is 6.92 Å². The normalized spacial score (nSPS) is 12.9. The highest BCUT2D eigenvalue weighted by atomic mass is 32.2. The number of carbonyl (C=O) groups is 2. The van der Waals surface area contributed by atoms with Crippen LogP contribution in [0.4, 0.5) is 5.69 Å². The van der Waals surface area contributed by atoms with Gasteiger partial charge in [-0.25, -0.2) is 13.1 Å². The minimum absolute atomic E-state index is 0.0405. The molecule has 1 aromatic heterocycles. The summed E-state index contributed by atoms with van der Waals surface area (Å²) in [6, 6.07) is 16.2. The molecule has 0 bridgehead atoms. The number of aromatic nitrogens is 1. The number of fused-ring (bicyclic) bond motifs is 2. The van der Waals surface area contributed by atoms with Crippen molar-refractivity contribution in [2.45, 2.75) is 30.8 Å². The van der Waals surface area contributed by atoms with Crippen LogP contribution >= 0.6 is 0 Å². The van der Waals surface area contributed by atoms with Gasteiger partial charge in [0.2, 0.25) is 25.1 Å². The predicted molar refractivity (Wildman–Crippen MR) is 150 cm³/mol. The Balaban J connectivity index is 1.56. The average Bonchev–Trinajstić information content (AvgIpc) is 3.45. The molecule has 0 spiro atoms. The van der Waals surface area contributed by atoms with Gasteiger partial charge in [0.1, 0.15) is 10.6 Å². The Bertz CT molecular complexity index is 1720. The molecule has 1 unspecified atom stereocenters. The number of amides is 2. The van der Waals surface area contributed by atoms with Gasteiger partial charge in [-0.15, -0.1) is 0 Å². The van der Waals surface area contributed by atoms with Gasteiger partial charge in [-0.05, 0) is 54.4 Å². The van der Waals surface area contributed by atoms with Crippen LogP contribution in [-0.2, 0) is 26.0 Å². The molecule has 1 aliphatic heterocycles. The fourth-order valence-electron chi connectivity index (χ4n) is 4.55. The third-order valence-electron chi connectivity index (χ3n) is 6.39. The second-order valence-electron chi connectivity index (χ2n) is 9.09. The van der Waals surface area contributed by atoms with Crippen LogP contribution in [0.5, 0.6) is 23.0 Å². The monoisotopic (exact) mass is 577 g/mol. The number of rotatable bonds is 11. The summed E-state index contributed by atoms with van der Waals surface area (Å²) in [6.45, 7) is 1.93. The number of nitrogens with zero attached hydrogens (tertiary/aromatic N) is 1. The highest BCUT2D eigenvalue weighted by Crippen LogP contribution is 2.44. The zero-order valence-corrected chi connectivity index (χ0v) is 23.1. The Morgan fingerprint density at radius 2 is 1.93 bits per heavy atom. The van der Waals surface area contributed by atoms with E-state index >= 15 is 0 Å². The van der Waals surface area contributed by atoms with Crippen LogP contribution in [0.3, 0.4) is 0 Å². The fraction of sp³-hybridized carbons (Fsp3) is 0.207. The lowest BCUT2D eigenvalue weighted by atomic mass is 10.1. The molecule has 1 aliphatic rings. The van der Waals surface area contributed by atoms with Gasteiger partial charge >= 0.3 is 0 Å². The molecule has 0 aliphatic carbocycles. The maximum Gasteiger partial charge on any atom is 0.279 e. The molecule has 3 aromatic carbocycles. The van der Waals surface area contributed by atoms with Gasteiger partial charge < -0.3 is 24.3 Å². The first-order valence-electron chi connectivity index (χ1n) is 12.7. The average molecular weight is 578 g/mol. The van der Waals surface area contributed by atoms with Crippen LogP contribution in [0.2, 0.25) is 0 Å². The summed E-state index contributed by atoms with van der Waals surface area (Å²) >= 11 is 0. The number of carbonyl (C=O) groups excluding carboxylic acids is 2. The van der Waals surface area contributed by atoms with Gasteiger partial charge in [0, 0.05) is 22.8 Å². The van der Waals surface area contributed by atoms with E-state index in [0.29, 0.717) is 46.7 Å². The van der Waals surface area contributed by atoms with Crippen molar-refractivity contribution in [2.24, 2.45) is 0 Å². The predicted octanol–water partition coefficient (Wildman–Crippen LogP) is 4.12. The van der Waals surface area contributed by atoms with Crippen molar-refractivity contribution in [1.29, 1.82) is 0 Å². The SMILES string of the molecule is CCCc1cc(NC=O)ccc1OC(C(=O)NS(=O)(=O)c1cccc2cccnc12)c1cc(OC)c2c(c1)OCO2. The molecule has 1 atom stereocenters. The van der Waals surface area contributed by atoms with Crippen LogP contribution in [0.1, 0.15) is 30.6 Å². The lowest BCUT2D eigenvalue weighted by molar-refractivity contribution is -0.126. The summed E-state index contributed by atoms with van der Waals surface area (Å²) in [5, 5.41) is 3.20. The Labute approximate surface area is 236 Å². The number of methoxy groups -OCH3 is 1. The van der Waals surface area contributed by atoms with E-state index in [1.54, 1.807) is 48.5 Å². The lowest BCUT2D eigenvalue weighted by Crippen LogP contribution is -2.37. The van der Waals surface area contributed by atoms with E-state index in [4.69, 9.17) is 18.9 Å². The van der Waals surface area contributed by atoms with Crippen LogP contribution < -0.4 is 29.0 Å². The summed E-state index contributed by atoms with van der Waals surface area (Å²) in [6.07, 6.45) is 1.91. The number of sulfonamides is 1. The number of hydrogen-bond acceptors (Lipinski definition) is 9. The maximum absolute atomic E-state index is 13.8. The number of nitrogens with one attached hydrogen (secondary N) is 2. The fourth-order valence-corrected chi connectivity index (χ4v) is 5.72. The Morgan fingerprint density at radius 3 is 2.71 bits per heavy atom. The number of ether oxygens (including phenoxy) is 4. The Hall–Kier alpha value is -4.84. The maximum atomic E-state index is 13.8. The minimum atomic E-state index is -4.37. The summed E-state index contributed by atoms with van der Waals surface area (Å²) in [4.78, 5) is 28.8. The molecule has 4 aromatic rings. The second-order valence-corrected chi connectivity index (χ2v) is 10.7. The first-order chi connectivity index (χ1) is 19.8. The smallest absolute Gasteiger partial charge is 0.279 e. The van der Waals surface area contributed by atoms with Crippen molar-refractivity contribution < 1.29 is 37.0 Å². The van der Waals surface area contributed by atoms with Crippen molar-refractivity contribution in [3.05, 3.63) is 78.0 Å². The van der Waals surface area contributed by atoms with Crippen molar-refractivity contribution in [2.75, 3.05) is 19.2 Å². The summed E-state index contributed by atoms with van der Waals surface area (Å²) in [5.41, 5.74) is 1.76. The van der Waals surface area contributed by atoms with E-state index in [9.17, 15) is 18.0 Å². The highest BCUT2D eigenvalue weighted by molar-refractivity contribution is 7.90. The minimum Gasteiger partial charge on any atom is -0.493 e. The van der Waals surface area contributed by atoms with Crippen molar-refractivity contribution in [1.82, 2.24) is 9.71 Å². The van der Waals surface area contributed by atoms with E-state index in [-0.39, 0.29) is 28.5 Å². The topological polar surface area (TPSA) is 142 Å². The molecule has 12 heteroatoms. The van der Waals surface area contributed by atoms with Crippen molar-refractivity contribution in [3.63, 3.8) is 0 Å². The molecule has 11 nitrogen and oxygen atoms in total. The molecular formula is C29H27N3O8S. The first kappa shape index (κ1) is 27.7. The second kappa shape index (κ2) is 11.7. The Morgan fingerprint density at radius 1 is 1.10 bits per heavy atom. The summed E-state index contributed by atoms with van der Waals surface area (Å²) < 4.78 is 51.9. The number of pyridine rings is 1. The standard InChI is InChI=1S/C29H27N3O8S/c1-3-6-19-13-21(31-16-33)10-11-22(19)40-27(20-14-23(37-2)28-24(15-20)38-17-39-28)29(34)32-41(35,36)25-9-4-7-18-8-5-12-30-26(18)25/h4-5,7-16,27H,3,6,17H2,1-2H3,(H,31,33)(H,32,34).